The number of pyridine rings is 1. The molecule has 4 rings (SSSR count). The van der Waals surface area contributed by atoms with E-state index in [4.69, 9.17) is 11.6 Å². The van der Waals surface area contributed by atoms with Gasteiger partial charge in [0.2, 0.25) is 0 Å². The molecule has 0 bridgehead atoms. The minimum atomic E-state index is -4.54. The Bertz CT molecular complexity index is 1080. The molecule has 3 aromatic rings. The molecule has 4 nitrogen and oxygen atoms in total. The maximum absolute atomic E-state index is 13.3. The van der Waals surface area contributed by atoms with Crippen LogP contribution in [0.3, 0.4) is 0 Å². The molecule has 31 heavy (non-hydrogen) atoms. The summed E-state index contributed by atoms with van der Waals surface area (Å²) in [7, 11) is 0. The van der Waals surface area contributed by atoms with E-state index in [1.54, 1.807) is 18.2 Å². The Balaban J connectivity index is 1.45. The normalized spacial score (nSPS) is 19.2. The van der Waals surface area contributed by atoms with Gasteiger partial charge in [-0.05, 0) is 62.1 Å². The molecule has 1 fully saturated rings. The van der Waals surface area contributed by atoms with Crippen LogP contribution in [0.4, 0.5) is 18.9 Å². The van der Waals surface area contributed by atoms with E-state index in [1.807, 2.05) is 18.2 Å². The zero-order valence-electron chi connectivity index (χ0n) is 16.5. The molecule has 1 amide bonds. The first-order valence-electron chi connectivity index (χ1n) is 10.1. The van der Waals surface area contributed by atoms with Crippen molar-refractivity contribution in [3.8, 4) is 0 Å². The smallest absolute Gasteiger partial charge is 0.382 e. The number of aromatic nitrogens is 1. The van der Waals surface area contributed by atoms with Crippen LogP contribution in [-0.2, 0) is 6.18 Å². The monoisotopic (exact) mass is 447 g/mol. The molecule has 0 radical (unpaired) electrons. The Labute approximate surface area is 182 Å². The molecule has 1 saturated carbocycles. The summed E-state index contributed by atoms with van der Waals surface area (Å²) in [6.45, 7) is 0. The number of nitrogens with one attached hydrogen (secondary N) is 2. The maximum atomic E-state index is 13.3. The second-order valence-electron chi connectivity index (χ2n) is 7.75. The number of amides is 1. The summed E-state index contributed by atoms with van der Waals surface area (Å²) < 4.78 is 39.9. The van der Waals surface area contributed by atoms with Crippen LogP contribution in [0.5, 0.6) is 0 Å². The Morgan fingerprint density at radius 3 is 2.32 bits per heavy atom. The van der Waals surface area contributed by atoms with E-state index in [2.05, 4.69) is 15.6 Å². The van der Waals surface area contributed by atoms with Crippen LogP contribution in [0, 0.1) is 0 Å². The maximum Gasteiger partial charge on any atom is 0.433 e. The fourth-order valence-electron chi connectivity index (χ4n) is 3.92. The number of hydrogen-bond acceptors (Lipinski definition) is 3. The van der Waals surface area contributed by atoms with Crippen LogP contribution in [0.15, 0.2) is 54.6 Å². The van der Waals surface area contributed by atoms with Crippen LogP contribution >= 0.6 is 11.6 Å². The lowest BCUT2D eigenvalue weighted by molar-refractivity contribution is -0.140. The van der Waals surface area contributed by atoms with E-state index in [0.29, 0.717) is 21.7 Å². The third-order valence-electron chi connectivity index (χ3n) is 5.52. The summed E-state index contributed by atoms with van der Waals surface area (Å²) >= 11 is 6.06. The standard InChI is InChI=1S/C23H21ClF3N3O/c24-15-6-11-19-18(12-15)20(13-21(30-19)23(25,26)27)28-16-7-9-17(10-8-16)29-22(31)14-4-2-1-3-5-14/h1-6,11-13,16-17H,7-10H2,(H,28,30)(H,29,31)/t16-,17+. The number of hydrogen-bond donors (Lipinski definition) is 2. The molecule has 1 aliphatic rings. The van der Waals surface area contributed by atoms with Crippen molar-refractivity contribution < 1.29 is 18.0 Å². The van der Waals surface area contributed by atoms with Crippen molar-refractivity contribution >= 4 is 34.1 Å². The molecule has 162 valence electrons. The number of carbonyl (C=O) groups is 1. The fourth-order valence-corrected chi connectivity index (χ4v) is 4.09. The molecule has 0 spiro atoms. The molecule has 2 aromatic carbocycles. The number of alkyl halides is 3. The summed E-state index contributed by atoms with van der Waals surface area (Å²) in [5, 5.41) is 7.29. The molecule has 0 atom stereocenters. The Morgan fingerprint density at radius 1 is 0.968 bits per heavy atom. The third-order valence-corrected chi connectivity index (χ3v) is 5.75. The second-order valence-corrected chi connectivity index (χ2v) is 8.18. The number of rotatable bonds is 4. The van der Waals surface area contributed by atoms with Gasteiger partial charge < -0.3 is 10.6 Å². The summed E-state index contributed by atoms with van der Waals surface area (Å²) in [5.74, 6) is -0.110. The minimum absolute atomic E-state index is 0.00413. The summed E-state index contributed by atoms with van der Waals surface area (Å²) in [6, 6.07) is 14.7. The zero-order chi connectivity index (χ0) is 22.0. The van der Waals surface area contributed by atoms with Crippen molar-refractivity contribution in [2.24, 2.45) is 0 Å². The van der Waals surface area contributed by atoms with Gasteiger partial charge in [0.05, 0.1) is 5.52 Å². The summed E-state index contributed by atoms with van der Waals surface area (Å²) in [6.07, 6.45) is -1.60. The zero-order valence-corrected chi connectivity index (χ0v) is 17.3. The average molecular weight is 448 g/mol. The van der Waals surface area contributed by atoms with Gasteiger partial charge in [0.1, 0.15) is 5.69 Å². The van der Waals surface area contributed by atoms with Gasteiger partial charge in [0, 0.05) is 33.7 Å². The Hall–Kier alpha value is -2.80. The molecule has 1 aromatic heterocycles. The molecule has 8 heteroatoms. The molecular formula is C23H21ClF3N3O. The fraction of sp³-hybridized carbons (Fsp3) is 0.304. The van der Waals surface area contributed by atoms with E-state index in [-0.39, 0.29) is 23.5 Å². The number of carbonyl (C=O) groups excluding carboxylic acids is 1. The SMILES string of the molecule is O=C(N[C@H]1CC[C@@H](Nc2cc(C(F)(F)F)nc3ccc(Cl)cc23)CC1)c1ccccc1. The van der Waals surface area contributed by atoms with Gasteiger partial charge in [0.25, 0.3) is 5.91 Å². The first-order valence-corrected chi connectivity index (χ1v) is 10.5. The highest BCUT2D eigenvalue weighted by atomic mass is 35.5. The van der Waals surface area contributed by atoms with E-state index in [0.717, 1.165) is 31.7 Å². The van der Waals surface area contributed by atoms with E-state index in [9.17, 15) is 18.0 Å². The van der Waals surface area contributed by atoms with Gasteiger partial charge in [-0.1, -0.05) is 29.8 Å². The van der Waals surface area contributed by atoms with Crippen LogP contribution in [0.2, 0.25) is 5.02 Å². The Morgan fingerprint density at radius 2 is 1.65 bits per heavy atom. The predicted molar refractivity (Wildman–Crippen MR) is 115 cm³/mol. The van der Waals surface area contributed by atoms with Gasteiger partial charge in [0.15, 0.2) is 0 Å². The number of anilines is 1. The van der Waals surface area contributed by atoms with Gasteiger partial charge >= 0.3 is 6.18 Å². The lowest BCUT2D eigenvalue weighted by Crippen LogP contribution is -2.40. The molecule has 2 N–H and O–H groups in total. The summed E-state index contributed by atoms with van der Waals surface area (Å²) in [4.78, 5) is 16.1. The molecule has 0 aliphatic heterocycles. The van der Waals surface area contributed by atoms with E-state index in [1.165, 1.54) is 12.1 Å². The number of nitrogens with zero attached hydrogens (tertiary/aromatic N) is 1. The quantitative estimate of drug-likeness (QED) is 0.511. The molecule has 0 saturated heterocycles. The number of halogens is 4. The average Bonchev–Trinajstić information content (AvgIpc) is 2.75. The van der Waals surface area contributed by atoms with Crippen molar-refractivity contribution in [3.63, 3.8) is 0 Å². The van der Waals surface area contributed by atoms with Crippen LogP contribution in [0.1, 0.15) is 41.7 Å². The van der Waals surface area contributed by atoms with Crippen molar-refractivity contribution in [2.75, 3.05) is 5.32 Å². The highest BCUT2D eigenvalue weighted by Crippen LogP contribution is 2.35. The van der Waals surface area contributed by atoms with Crippen molar-refractivity contribution in [1.29, 1.82) is 0 Å². The lowest BCUT2D eigenvalue weighted by atomic mass is 9.90. The molecular weight excluding hydrogens is 427 g/mol. The summed E-state index contributed by atoms with van der Waals surface area (Å²) in [5.41, 5.74) is 0.290. The third kappa shape index (κ3) is 5.10. The van der Waals surface area contributed by atoms with E-state index < -0.39 is 11.9 Å². The van der Waals surface area contributed by atoms with Crippen LogP contribution in [-0.4, -0.2) is 23.0 Å². The topological polar surface area (TPSA) is 54.0 Å². The molecule has 1 heterocycles. The van der Waals surface area contributed by atoms with Crippen LogP contribution < -0.4 is 10.6 Å². The largest absolute Gasteiger partial charge is 0.433 e. The van der Waals surface area contributed by atoms with Crippen molar-refractivity contribution in [1.82, 2.24) is 10.3 Å². The lowest BCUT2D eigenvalue weighted by Gasteiger charge is -2.30. The number of fused-ring (bicyclic) bond motifs is 1. The van der Waals surface area contributed by atoms with Crippen LogP contribution in [0.25, 0.3) is 10.9 Å². The highest BCUT2D eigenvalue weighted by Gasteiger charge is 2.34. The van der Waals surface area contributed by atoms with Gasteiger partial charge in [-0.3, -0.25) is 4.79 Å². The Kier molecular flexibility index (Phi) is 6.05. The predicted octanol–water partition coefficient (Wildman–Crippen LogP) is 6.06. The highest BCUT2D eigenvalue weighted by molar-refractivity contribution is 6.31. The molecule has 0 unspecified atom stereocenters. The van der Waals surface area contributed by atoms with Gasteiger partial charge in [-0.25, -0.2) is 4.98 Å². The minimum Gasteiger partial charge on any atom is -0.382 e. The molecule has 1 aliphatic carbocycles. The first-order chi connectivity index (χ1) is 14.8. The van der Waals surface area contributed by atoms with Crippen molar-refractivity contribution in [3.05, 3.63) is 70.9 Å². The second kappa shape index (κ2) is 8.75. The van der Waals surface area contributed by atoms with E-state index >= 15 is 0 Å². The number of benzene rings is 2. The first kappa shape index (κ1) is 21.4. The van der Waals surface area contributed by atoms with Gasteiger partial charge in [-0.15, -0.1) is 0 Å². The van der Waals surface area contributed by atoms with Gasteiger partial charge in [-0.2, -0.15) is 13.2 Å². The van der Waals surface area contributed by atoms with Crippen molar-refractivity contribution in [2.45, 2.75) is 43.9 Å².